The van der Waals surface area contributed by atoms with Gasteiger partial charge in [-0.15, -0.1) is 0 Å². The average Bonchev–Trinajstić information content (AvgIpc) is 2.40. The Morgan fingerprint density at radius 3 is 2.45 bits per heavy atom. The van der Waals surface area contributed by atoms with Gasteiger partial charge < -0.3 is 4.90 Å². The van der Waals surface area contributed by atoms with E-state index in [0.29, 0.717) is 5.82 Å². The molecule has 0 unspecified atom stereocenters. The summed E-state index contributed by atoms with van der Waals surface area (Å²) in [6.07, 6.45) is 4.10. The fourth-order valence-corrected chi connectivity index (χ4v) is 2.69. The standard InChI is InChI=1S/C13H22N4O2S/c1-11-6-8-17(9-7-11)12-4-5-13(14-10-12)15-20(18,19)16(2)3/h4-5,10-11H,6-9H2,1-3H3,(H,14,15). The van der Waals surface area contributed by atoms with Crippen molar-refractivity contribution in [3.63, 3.8) is 0 Å². The third-order valence-electron chi connectivity index (χ3n) is 3.61. The van der Waals surface area contributed by atoms with Crippen LogP contribution in [0.25, 0.3) is 0 Å². The van der Waals surface area contributed by atoms with Gasteiger partial charge in [-0.25, -0.2) is 4.98 Å². The molecule has 0 aromatic carbocycles. The Balaban J connectivity index is 2.03. The van der Waals surface area contributed by atoms with Gasteiger partial charge in [0, 0.05) is 27.2 Å². The molecule has 1 saturated heterocycles. The van der Waals surface area contributed by atoms with Crippen LogP contribution in [0.15, 0.2) is 18.3 Å². The van der Waals surface area contributed by atoms with E-state index in [4.69, 9.17) is 0 Å². The Kier molecular flexibility index (Phi) is 4.49. The molecule has 0 spiro atoms. The van der Waals surface area contributed by atoms with Crippen LogP contribution in [0, 0.1) is 5.92 Å². The predicted molar refractivity (Wildman–Crippen MR) is 81.1 cm³/mol. The maximum Gasteiger partial charge on any atom is 0.302 e. The summed E-state index contributed by atoms with van der Waals surface area (Å²) >= 11 is 0. The van der Waals surface area contributed by atoms with Crippen molar-refractivity contribution in [2.75, 3.05) is 36.8 Å². The molecule has 0 amide bonds. The van der Waals surface area contributed by atoms with Crippen molar-refractivity contribution in [3.8, 4) is 0 Å². The lowest BCUT2D eigenvalue weighted by molar-refractivity contribution is 0.438. The summed E-state index contributed by atoms with van der Waals surface area (Å²) < 4.78 is 26.9. The summed E-state index contributed by atoms with van der Waals surface area (Å²) in [6, 6.07) is 3.62. The van der Waals surface area contributed by atoms with Gasteiger partial charge in [0.2, 0.25) is 0 Å². The first kappa shape index (κ1) is 15.1. The number of nitrogens with zero attached hydrogens (tertiary/aromatic N) is 3. The molecule has 20 heavy (non-hydrogen) atoms. The third kappa shape index (κ3) is 3.61. The van der Waals surface area contributed by atoms with Crippen molar-refractivity contribution in [3.05, 3.63) is 18.3 Å². The van der Waals surface area contributed by atoms with Gasteiger partial charge in [-0.05, 0) is 30.9 Å². The zero-order valence-corrected chi connectivity index (χ0v) is 13.0. The molecule has 0 saturated carbocycles. The van der Waals surface area contributed by atoms with Crippen LogP contribution < -0.4 is 9.62 Å². The zero-order chi connectivity index (χ0) is 14.8. The first-order chi connectivity index (χ1) is 9.38. The van der Waals surface area contributed by atoms with E-state index in [0.717, 1.165) is 29.0 Å². The van der Waals surface area contributed by atoms with E-state index in [1.807, 2.05) is 6.07 Å². The Hall–Kier alpha value is -1.34. The fraction of sp³-hybridized carbons (Fsp3) is 0.615. The highest BCUT2D eigenvalue weighted by atomic mass is 32.2. The molecule has 1 N–H and O–H groups in total. The molecule has 2 rings (SSSR count). The number of rotatable bonds is 4. The largest absolute Gasteiger partial charge is 0.370 e. The van der Waals surface area contributed by atoms with Crippen LogP contribution >= 0.6 is 0 Å². The quantitative estimate of drug-likeness (QED) is 0.915. The van der Waals surface area contributed by atoms with Gasteiger partial charge in [-0.3, -0.25) is 4.72 Å². The number of aromatic nitrogens is 1. The van der Waals surface area contributed by atoms with Gasteiger partial charge in [-0.2, -0.15) is 12.7 Å². The van der Waals surface area contributed by atoms with Gasteiger partial charge in [0.25, 0.3) is 0 Å². The number of anilines is 2. The first-order valence-electron chi connectivity index (χ1n) is 6.80. The summed E-state index contributed by atoms with van der Waals surface area (Å²) in [5.41, 5.74) is 1.05. The molecular weight excluding hydrogens is 276 g/mol. The topological polar surface area (TPSA) is 65.5 Å². The first-order valence-corrected chi connectivity index (χ1v) is 8.24. The van der Waals surface area contributed by atoms with E-state index < -0.39 is 10.2 Å². The molecule has 7 heteroatoms. The van der Waals surface area contributed by atoms with E-state index in [9.17, 15) is 8.42 Å². The van der Waals surface area contributed by atoms with E-state index >= 15 is 0 Å². The summed E-state index contributed by atoms with van der Waals surface area (Å²) in [4.78, 5) is 6.47. The Labute approximate surface area is 121 Å². The van der Waals surface area contributed by atoms with E-state index in [1.165, 1.54) is 26.9 Å². The van der Waals surface area contributed by atoms with Crippen LogP contribution in [0.5, 0.6) is 0 Å². The smallest absolute Gasteiger partial charge is 0.302 e. The van der Waals surface area contributed by atoms with Crippen LogP contribution in [-0.2, 0) is 10.2 Å². The molecule has 1 aromatic heterocycles. The average molecular weight is 298 g/mol. The Morgan fingerprint density at radius 2 is 1.95 bits per heavy atom. The fourth-order valence-electron chi connectivity index (χ4n) is 2.12. The maximum atomic E-state index is 11.7. The molecule has 0 atom stereocenters. The lowest BCUT2D eigenvalue weighted by Crippen LogP contribution is -2.33. The maximum absolute atomic E-state index is 11.7. The lowest BCUT2D eigenvalue weighted by atomic mass is 9.99. The van der Waals surface area contributed by atoms with Crippen LogP contribution in [-0.4, -0.2) is 44.9 Å². The van der Waals surface area contributed by atoms with E-state index in [-0.39, 0.29) is 0 Å². The summed E-state index contributed by atoms with van der Waals surface area (Å²) in [5.74, 6) is 1.12. The van der Waals surface area contributed by atoms with Gasteiger partial charge in [-0.1, -0.05) is 6.92 Å². The molecular formula is C13H22N4O2S. The molecule has 112 valence electrons. The molecule has 1 aromatic rings. The summed E-state index contributed by atoms with van der Waals surface area (Å²) in [6.45, 7) is 4.34. The number of pyridine rings is 1. The predicted octanol–water partition coefficient (Wildman–Crippen LogP) is 1.54. The van der Waals surface area contributed by atoms with Crippen LogP contribution in [0.1, 0.15) is 19.8 Å². The second-order valence-electron chi connectivity index (χ2n) is 5.46. The van der Waals surface area contributed by atoms with Crippen molar-refractivity contribution < 1.29 is 8.42 Å². The zero-order valence-electron chi connectivity index (χ0n) is 12.2. The van der Waals surface area contributed by atoms with Gasteiger partial charge in [0.15, 0.2) is 0 Å². The highest BCUT2D eigenvalue weighted by Crippen LogP contribution is 2.23. The number of hydrogen-bond donors (Lipinski definition) is 1. The minimum absolute atomic E-state index is 0.341. The molecule has 2 heterocycles. The molecule has 0 aliphatic carbocycles. The SMILES string of the molecule is CC1CCN(c2ccc(NS(=O)(=O)N(C)C)nc2)CC1. The minimum Gasteiger partial charge on any atom is -0.370 e. The van der Waals surface area contributed by atoms with Gasteiger partial charge in [0.1, 0.15) is 5.82 Å². The molecule has 0 radical (unpaired) electrons. The number of piperidine rings is 1. The molecule has 1 aliphatic heterocycles. The highest BCUT2D eigenvalue weighted by molar-refractivity contribution is 7.90. The molecule has 0 bridgehead atoms. The van der Waals surface area contributed by atoms with Crippen LogP contribution in [0.3, 0.4) is 0 Å². The Bertz CT molecular complexity index is 534. The summed E-state index contributed by atoms with van der Waals surface area (Å²) in [5, 5.41) is 0. The molecule has 1 aliphatic rings. The van der Waals surface area contributed by atoms with Crippen LogP contribution in [0.2, 0.25) is 0 Å². The third-order valence-corrected chi connectivity index (χ3v) is 5.04. The number of nitrogens with one attached hydrogen (secondary N) is 1. The van der Waals surface area contributed by atoms with Crippen molar-refractivity contribution >= 4 is 21.7 Å². The van der Waals surface area contributed by atoms with Gasteiger partial charge in [0.05, 0.1) is 11.9 Å². The van der Waals surface area contributed by atoms with E-state index in [2.05, 4.69) is 21.5 Å². The van der Waals surface area contributed by atoms with Crippen molar-refractivity contribution in [1.82, 2.24) is 9.29 Å². The second-order valence-corrected chi connectivity index (χ2v) is 7.35. The van der Waals surface area contributed by atoms with Crippen molar-refractivity contribution in [2.24, 2.45) is 5.92 Å². The summed E-state index contributed by atoms with van der Waals surface area (Å²) in [7, 11) is -0.533. The molecule has 6 nitrogen and oxygen atoms in total. The lowest BCUT2D eigenvalue weighted by Gasteiger charge is -2.31. The van der Waals surface area contributed by atoms with Crippen LogP contribution in [0.4, 0.5) is 11.5 Å². The van der Waals surface area contributed by atoms with Gasteiger partial charge >= 0.3 is 10.2 Å². The normalized spacial score (nSPS) is 17.5. The molecule has 1 fully saturated rings. The Morgan fingerprint density at radius 1 is 1.30 bits per heavy atom. The van der Waals surface area contributed by atoms with E-state index in [1.54, 1.807) is 12.3 Å². The van der Waals surface area contributed by atoms with Crippen molar-refractivity contribution in [2.45, 2.75) is 19.8 Å². The van der Waals surface area contributed by atoms with Crippen molar-refractivity contribution in [1.29, 1.82) is 0 Å². The second kappa shape index (κ2) is 5.97. The monoisotopic (exact) mass is 298 g/mol. The number of hydrogen-bond acceptors (Lipinski definition) is 4. The minimum atomic E-state index is -3.49. The highest BCUT2D eigenvalue weighted by Gasteiger charge is 2.17.